The largest absolute Gasteiger partial charge is 0.456 e. The van der Waals surface area contributed by atoms with Crippen molar-refractivity contribution < 1.29 is 4.42 Å². The minimum absolute atomic E-state index is 0.562. The topological polar surface area (TPSA) is 38.9 Å². The molecule has 1 aliphatic rings. The van der Waals surface area contributed by atoms with Crippen molar-refractivity contribution >= 4 is 21.7 Å². The van der Waals surface area contributed by atoms with Crippen LogP contribution in [0.3, 0.4) is 0 Å². The first kappa shape index (κ1) is 22.0. The summed E-state index contributed by atoms with van der Waals surface area (Å²) in [6.45, 7) is 4.47. The second-order valence-corrected chi connectivity index (χ2v) is 10.5. The van der Waals surface area contributed by atoms with Crippen molar-refractivity contribution in [2.75, 3.05) is 0 Å². The van der Waals surface area contributed by atoms with E-state index in [-0.39, 0.29) is 0 Å². The lowest BCUT2D eigenvalue weighted by molar-refractivity contribution is 0.616. The lowest BCUT2D eigenvalue weighted by Crippen LogP contribution is -2.06. The zero-order valence-corrected chi connectivity index (χ0v) is 21.2. The molecule has 0 N–H and O–H groups in total. The van der Waals surface area contributed by atoms with E-state index in [1.165, 1.54) is 38.6 Å². The summed E-state index contributed by atoms with van der Waals surface area (Å²) in [4.78, 5) is 9.68. The van der Waals surface area contributed by atoms with Gasteiger partial charge in [-0.3, -0.25) is 9.97 Å². The van der Waals surface area contributed by atoms with Crippen LogP contribution in [0.15, 0.2) is 95.7 Å². The summed E-state index contributed by atoms with van der Waals surface area (Å²) in [5.41, 5.74) is 10.3. The number of benzene rings is 3. The van der Waals surface area contributed by atoms with Gasteiger partial charge in [-0.05, 0) is 76.9 Å². The molecule has 0 saturated heterocycles. The van der Waals surface area contributed by atoms with Crippen LogP contribution in [0, 0.1) is 5.92 Å². The molecule has 1 aliphatic carbocycles. The summed E-state index contributed by atoms with van der Waals surface area (Å²) in [5.74, 6) is 1.55. The second-order valence-electron chi connectivity index (χ2n) is 10.5. The van der Waals surface area contributed by atoms with Gasteiger partial charge >= 0.3 is 0 Å². The van der Waals surface area contributed by atoms with Crippen LogP contribution in [-0.2, 0) is 19.3 Å². The third-order valence-electron chi connectivity index (χ3n) is 7.47. The Balaban J connectivity index is 1.45. The quantitative estimate of drug-likeness (QED) is 0.253. The van der Waals surface area contributed by atoms with Crippen LogP contribution < -0.4 is 0 Å². The summed E-state index contributed by atoms with van der Waals surface area (Å²) < 4.78 is 6.57. The fourth-order valence-electron chi connectivity index (χ4n) is 5.81. The van der Waals surface area contributed by atoms with E-state index in [0.29, 0.717) is 5.92 Å². The van der Waals surface area contributed by atoms with Crippen LogP contribution in [0.1, 0.15) is 30.7 Å². The number of hydrogen-bond donors (Lipinski definition) is 0. The highest BCUT2D eigenvalue weighted by molar-refractivity contribution is 6.04. The Morgan fingerprint density at radius 1 is 0.811 bits per heavy atom. The fraction of sp³-hybridized carbons (Fsp3) is 0.176. The van der Waals surface area contributed by atoms with Gasteiger partial charge in [-0.15, -0.1) is 0 Å². The molecular formula is C34H28N2O. The molecule has 3 aromatic carbocycles. The second kappa shape index (κ2) is 8.70. The van der Waals surface area contributed by atoms with Gasteiger partial charge in [-0.1, -0.05) is 68.4 Å². The van der Waals surface area contributed by atoms with E-state index in [2.05, 4.69) is 92.8 Å². The smallest absolute Gasteiger partial charge is 0.139 e. The predicted molar refractivity (Wildman–Crippen MR) is 152 cm³/mol. The third-order valence-corrected chi connectivity index (χ3v) is 7.47. The molecule has 37 heavy (non-hydrogen) atoms. The number of rotatable bonds is 4. The Morgan fingerprint density at radius 2 is 1.65 bits per heavy atom. The fourth-order valence-corrected chi connectivity index (χ4v) is 5.81. The van der Waals surface area contributed by atoms with Crippen molar-refractivity contribution in [2.24, 2.45) is 5.92 Å². The molecule has 3 heterocycles. The van der Waals surface area contributed by atoms with Crippen LogP contribution in [0.4, 0.5) is 0 Å². The molecule has 0 radical (unpaired) electrons. The lowest BCUT2D eigenvalue weighted by Gasteiger charge is -2.17. The van der Waals surface area contributed by atoms with E-state index in [1.54, 1.807) is 0 Å². The molecule has 180 valence electrons. The molecule has 0 bridgehead atoms. The van der Waals surface area contributed by atoms with Gasteiger partial charge in [0.2, 0.25) is 0 Å². The molecule has 0 fully saturated rings. The third kappa shape index (κ3) is 3.74. The zero-order valence-electron chi connectivity index (χ0n) is 21.2. The van der Waals surface area contributed by atoms with Gasteiger partial charge in [0.15, 0.2) is 0 Å². The van der Waals surface area contributed by atoms with Crippen LogP contribution in [-0.4, -0.2) is 9.97 Å². The van der Waals surface area contributed by atoms with Crippen LogP contribution >= 0.6 is 0 Å². The number of nitrogens with zero attached hydrogens (tertiary/aromatic N) is 2. The number of furan rings is 1. The Kier molecular flexibility index (Phi) is 5.17. The van der Waals surface area contributed by atoms with Crippen molar-refractivity contribution in [3.63, 3.8) is 0 Å². The van der Waals surface area contributed by atoms with Gasteiger partial charge in [0.05, 0.1) is 11.1 Å². The number of fused-ring (bicyclic) bond motifs is 6. The Morgan fingerprint density at radius 3 is 2.51 bits per heavy atom. The molecule has 3 nitrogen and oxygen atoms in total. The van der Waals surface area contributed by atoms with E-state index in [1.807, 2.05) is 12.3 Å². The number of pyridine rings is 2. The minimum atomic E-state index is 0.562. The van der Waals surface area contributed by atoms with E-state index in [0.717, 1.165) is 52.9 Å². The van der Waals surface area contributed by atoms with E-state index in [4.69, 9.17) is 14.4 Å². The molecule has 6 aromatic rings. The highest BCUT2D eigenvalue weighted by Crippen LogP contribution is 2.44. The molecule has 0 amide bonds. The maximum Gasteiger partial charge on any atom is 0.139 e. The monoisotopic (exact) mass is 480 g/mol. The summed E-state index contributed by atoms with van der Waals surface area (Å²) in [6.07, 6.45) is 6.79. The molecule has 3 aromatic heterocycles. The van der Waals surface area contributed by atoms with Gasteiger partial charge in [-0.2, -0.15) is 0 Å². The minimum Gasteiger partial charge on any atom is -0.456 e. The van der Waals surface area contributed by atoms with Crippen LogP contribution in [0.25, 0.3) is 55.4 Å². The molecule has 0 saturated carbocycles. The Labute approximate surface area is 216 Å². The first-order valence-corrected chi connectivity index (χ1v) is 13.1. The highest BCUT2D eigenvalue weighted by Gasteiger charge is 2.26. The number of hydrogen-bond acceptors (Lipinski definition) is 3. The van der Waals surface area contributed by atoms with Crippen molar-refractivity contribution in [2.45, 2.75) is 33.1 Å². The molecule has 0 atom stereocenters. The number of aryl methyl sites for hydroxylation is 2. The molecule has 0 unspecified atom stereocenters. The predicted octanol–water partition coefficient (Wildman–Crippen LogP) is 8.67. The maximum atomic E-state index is 6.57. The standard InChI is InChI=1S/C34H28N2O/c1-21(2)16-26-19-30-24(20-36-26)12-13-28-32-31(37-34(28)30)14-15-35-33(32)25-17-23-10-6-7-11-27(23)29(18-25)22-8-4-3-5-9-22/h3-11,14-15,17-21H,12-13,16H2,1-2H3. The van der Waals surface area contributed by atoms with Gasteiger partial charge < -0.3 is 4.42 Å². The summed E-state index contributed by atoms with van der Waals surface area (Å²) >= 11 is 0. The molecule has 0 spiro atoms. The highest BCUT2D eigenvalue weighted by atomic mass is 16.3. The molecule has 0 aliphatic heterocycles. The molecule has 7 rings (SSSR count). The zero-order chi connectivity index (χ0) is 24.9. The Bertz CT molecular complexity index is 1780. The first-order valence-electron chi connectivity index (χ1n) is 13.1. The maximum absolute atomic E-state index is 6.57. The van der Waals surface area contributed by atoms with E-state index < -0.39 is 0 Å². The Hall–Kier alpha value is -4.24. The summed E-state index contributed by atoms with van der Waals surface area (Å²) in [6, 6.07) is 28.0. The van der Waals surface area contributed by atoms with E-state index >= 15 is 0 Å². The SMILES string of the molecule is CC(C)Cc1cc2c(cn1)CCc1c-2oc2ccnc(-c3cc(-c4ccccc4)c4ccccc4c3)c12. The normalized spacial score (nSPS) is 12.7. The van der Waals surface area contributed by atoms with Crippen molar-refractivity contribution in [1.82, 2.24) is 9.97 Å². The van der Waals surface area contributed by atoms with Gasteiger partial charge in [0, 0.05) is 34.8 Å². The lowest BCUT2D eigenvalue weighted by atomic mass is 9.88. The average molecular weight is 481 g/mol. The van der Waals surface area contributed by atoms with Gasteiger partial charge in [0.25, 0.3) is 0 Å². The van der Waals surface area contributed by atoms with Crippen molar-refractivity contribution in [3.8, 4) is 33.7 Å². The van der Waals surface area contributed by atoms with E-state index in [9.17, 15) is 0 Å². The van der Waals surface area contributed by atoms with Gasteiger partial charge in [-0.25, -0.2) is 0 Å². The number of aromatic nitrogens is 2. The van der Waals surface area contributed by atoms with Crippen molar-refractivity contribution in [1.29, 1.82) is 0 Å². The summed E-state index contributed by atoms with van der Waals surface area (Å²) in [5, 5.41) is 3.60. The molecular weight excluding hydrogens is 452 g/mol. The summed E-state index contributed by atoms with van der Waals surface area (Å²) in [7, 11) is 0. The van der Waals surface area contributed by atoms with Crippen LogP contribution in [0.2, 0.25) is 0 Å². The molecule has 3 heteroatoms. The van der Waals surface area contributed by atoms with Crippen LogP contribution in [0.5, 0.6) is 0 Å². The van der Waals surface area contributed by atoms with Crippen molar-refractivity contribution in [3.05, 3.63) is 108 Å². The van der Waals surface area contributed by atoms with Gasteiger partial charge in [0.1, 0.15) is 11.3 Å². The first-order chi connectivity index (χ1) is 18.2. The average Bonchev–Trinajstić information content (AvgIpc) is 3.32.